The summed E-state index contributed by atoms with van der Waals surface area (Å²) in [6.07, 6.45) is 9.33. The van der Waals surface area contributed by atoms with E-state index in [2.05, 4.69) is 9.48 Å². The van der Waals surface area contributed by atoms with Gasteiger partial charge in [-0.25, -0.2) is 4.58 Å². The molecule has 0 saturated carbocycles. The predicted molar refractivity (Wildman–Crippen MR) is 128 cm³/mol. The monoisotopic (exact) mass is 465 g/mol. The summed E-state index contributed by atoms with van der Waals surface area (Å²) in [4.78, 5) is 15.1. The number of phenols is 2. The summed E-state index contributed by atoms with van der Waals surface area (Å²) in [6.45, 7) is 3.26. The Morgan fingerprint density at radius 2 is 1.26 bits per heavy atom. The standard InChI is InChI=1S/C26H28N2O6/c29-17-11-15(27-7-3-1-4-8-27)12-18(30)21(17)23-25(33)24(26(23)34)22-19(31)13-16(14-20(22)32)28-9-5-2-6-10-28/h11-14H,1-10H2,(H4,29,30,31,32,33,34)/p+1. The number of rotatable bonds is 2. The summed E-state index contributed by atoms with van der Waals surface area (Å²) in [6, 6.07) is 2.96. The molecule has 0 amide bonds. The van der Waals surface area contributed by atoms with E-state index in [1.54, 1.807) is 0 Å². The van der Waals surface area contributed by atoms with Crippen LogP contribution in [-0.2, 0) is 4.79 Å². The zero-order valence-electron chi connectivity index (χ0n) is 18.9. The molecule has 0 unspecified atom stereocenters. The van der Waals surface area contributed by atoms with Gasteiger partial charge in [-0.05, 0) is 25.7 Å². The highest BCUT2D eigenvalue weighted by atomic mass is 16.3. The second-order valence-corrected chi connectivity index (χ2v) is 9.24. The number of anilines is 1. The summed E-state index contributed by atoms with van der Waals surface area (Å²) < 4.78 is 2.06. The average molecular weight is 466 g/mol. The molecule has 0 radical (unpaired) electrons. The molecule has 0 atom stereocenters. The highest BCUT2D eigenvalue weighted by Gasteiger charge is 2.42. The lowest BCUT2D eigenvalue weighted by atomic mass is 9.78. The minimum absolute atomic E-state index is 0.157. The van der Waals surface area contributed by atoms with E-state index >= 15 is 0 Å². The van der Waals surface area contributed by atoms with Crippen LogP contribution in [0.2, 0.25) is 0 Å². The first-order valence-electron chi connectivity index (χ1n) is 11.8. The fourth-order valence-electron chi connectivity index (χ4n) is 5.24. The second kappa shape index (κ2) is 8.59. The van der Waals surface area contributed by atoms with Crippen molar-refractivity contribution in [3.63, 3.8) is 0 Å². The minimum atomic E-state index is -0.676. The van der Waals surface area contributed by atoms with Gasteiger partial charge in [-0.3, -0.25) is 4.79 Å². The van der Waals surface area contributed by atoms with Gasteiger partial charge >= 0.3 is 0 Å². The molecule has 5 rings (SSSR count). The number of phenolic OH excluding ortho intramolecular Hbond substituents is 2. The van der Waals surface area contributed by atoms with Gasteiger partial charge < -0.3 is 30.4 Å². The van der Waals surface area contributed by atoms with Crippen molar-refractivity contribution >= 4 is 22.8 Å². The van der Waals surface area contributed by atoms with Crippen LogP contribution in [0.5, 0.6) is 11.5 Å². The third-order valence-corrected chi connectivity index (χ3v) is 7.03. The Bertz CT molecular complexity index is 1170. The molecule has 1 aromatic rings. The molecular weight excluding hydrogens is 436 g/mol. The first kappa shape index (κ1) is 22.1. The zero-order chi connectivity index (χ0) is 24.0. The fraction of sp³-hybridized carbons (Fsp3) is 0.385. The normalized spacial score (nSPS) is 21.5. The lowest BCUT2D eigenvalue weighted by Crippen LogP contribution is -2.29. The minimum Gasteiger partial charge on any atom is -0.507 e. The van der Waals surface area contributed by atoms with Crippen molar-refractivity contribution in [3.8, 4) is 11.5 Å². The van der Waals surface area contributed by atoms with Crippen LogP contribution in [0.4, 0.5) is 5.69 Å². The van der Waals surface area contributed by atoms with Gasteiger partial charge in [0.15, 0.2) is 0 Å². The number of carbonyl (C=O) groups excluding carboxylic acids is 1. The van der Waals surface area contributed by atoms with Crippen LogP contribution >= 0.6 is 0 Å². The predicted octanol–water partition coefficient (Wildman–Crippen LogP) is 3.77. The Morgan fingerprint density at radius 1 is 0.706 bits per heavy atom. The number of aliphatic hydroxyl groups excluding tert-OH is 3. The maximum Gasteiger partial charge on any atom is 0.207 e. The first-order valence-corrected chi connectivity index (χ1v) is 11.8. The molecule has 2 fully saturated rings. The van der Waals surface area contributed by atoms with E-state index in [-0.39, 0.29) is 45.3 Å². The van der Waals surface area contributed by atoms with Gasteiger partial charge in [0, 0.05) is 43.8 Å². The lowest BCUT2D eigenvalue weighted by Gasteiger charge is -2.30. The number of aliphatic hydroxyl groups is 3. The van der Waals surface area contributed by atoms with Crippen molar-refractivity contribution in [2.75, 3.05) is 31.1 Å². The smallest absolute Gasteiger partial charge is 0.207 e. The molecule has 5 N–H and O–H groups in total. The molecule has 0 aromatic heterocycles. The lowest BCUT2D eigenvalue weighted by molar-refractivity contribution is -0.536. The third kappa shape index (κ3) is 3.63. The van der Waals surface area contributed by atoms with Gasteiger partial charge in [0.2, 0.25) is 11.5 Å². The molecule has 2 aliphatic carbocycles. The summed E-state index contributed by atoms with van der Waals surface area (Å²) >= 11 is 0. The highest BCUT2D eigenvalue weighted by Crippen LogP contribution is 2.48. The molecule has 8 heteroatoms. The SMILES string of the molecule is O=C1C(=C2C(O)=CC(=[N+]3CCCCC3)C=C2O)C(O)=C1c1c(O)cc(N2CCCCC2)cc1O. The Kier molecular flexibility index (Phi) is 5.59. The molecule has 178 valence electrons. The van der Waals surface area contributed by atoms with Crippen LogP contribution in [0.15, 0.2) is 52.7 Å². The fourth-order valence-corrected chi connectivity index (χ4v) is 5.24. The molecule has 0 spiro atoms. The topological polar surface area (TPSA) is 124 Å². The molecular formula is C26H29N2O6+. The number of aromatic hydroxyl groups is 2. The number of carbonyl (C=O) groups is 1. The Labute approximate surface area is 197 Å². The van der Waals surface area contributed by atoms with E-state index in [1.807, 2.05) is 0 Å². The second-order valence-electron chi connectivity index (χ2n) is 9.24. The number of allylic oxidation sites excluding steroid dienone is 4. The molecule has 8 nitrogen and oxygen atoms in total. The summed E-state index contributed by atoms with van der Waals surface area (Å²) in [7, 11) is 0. The van der Waals surface area contributed by atoms with E-state index in [1.165, 1.54) is 24.3 Å². The van der Waals surface area contributed by atoms with Gasteiger partial charge in [-0.1, -0.05) is 0 Å². The number of benzene rings is 1. The quantitative estimate of drug-likeness (QED) is 0.333. The Morgan fingerprint density at radius 3 is 1.82 bits per heavy atom. The van der Waals surface area contributed by atoms with Crippen molar-refractivity contribution < 1.29 is 34.9 Å². The summed E-state index contributed by atoms with van der Waals surface area (Å²) in [5.41, 5.74) is 0.506. The van der Waals surface area contributed by atoms with Crippen LogP contribution in [0, 0.1) is 0 Å². The van der Waals surface area contributed by atoms with E-state index in [0.29, 0.717) is 11.4 Å². The van der Waals surface area contributed by atoms with E-state index < -0.39 is 11.5 Å². The number of hydrogen-bond acceptors (Lipinski definition) is 7. The van der Waals surface area contributed by atoms with Gasteiger partial charge in [0.05, 0.1) is 34.4 Å². The average Bonchev–Trinajstić information content (AvgIpc) is 2.84. The first-order chi connectivity index (χ1) is 16.4. The molecule has 1 aromatic carbocycles. The van der Waals surface area contributed by atoms with Crippen LogP contribution < -0.4 is 4.90 Å². The largest absolute Gasteiger partial charge is 0.507 e. The Hall–Kier alpha value is -3.68. The van der Waals surface area contributed by atoms with E-state index in [0.717, 1.165) is 64.7 Å². The van der Waals surface area contributed by atoms with Crippen LogP contribution in [0.3, 0.4) is 0 Å². The van der Waals surface area contributed by atoms with E-state index in [9.17, 15) is 30.3 Å². The molecule has 2 heterocycles. The van der Waals surface area contributed by atoms with Gasteiger partial charge in [-0.15, -0.1) is 0 Å². The van der Waals surface area contributed by atoms with Crippen LogP contribution in [-0.4, -0.2) is 67.8 Å². The molecule has 34 heavy (non-hydrogen) atoms. The summed E-state index contributed by atoms with van der Waals surface area (Å²) in [5, 5.41) is 53.2. The molecule has 2 aliphatic heterocycles. The number of nitrogens with zero attached hydrogens (tertiary/aromatic N) is 2. The molecule has 4 aliphatic rings. The Balaban J connectivity index is 1.52. The number of piperidine rings is 2. The van der Waals surface area contributed by atoms with Crippen LogP contribution in [0.1, 0.15) is 44.1 Å². The van der Waals surface area contributed by atoms with Crippen molar-refractivity contribution in [2.24, 2.45) is 0 Å². The van der Waals surface area contributed by atoms with Crippen molar-refractivity contribution in [3.05, 3.63) is 58.3 Å². The maximum absolute atomic E-state index is 13.0. The molecule has 2 saturated heterocycles. The maximum atomic E-state index is 13.0. The molecule has 0 bridgehead atoms. The van der Waals surface area contributed by atoms with Gasteiger partial charge in [0.1, 0.15) is 41.9 Å². The number of ketones is 1. The van der Waals surface area contributed by atoms with Gasteiger partial charge in [0.25, 0.3) is 0 Å². The highest BCUT2D eigenvalue weighted by molar-refractivity contribution is 6.40. The van der Waals surface area contributed by atoms with Crippen molar-refractivity contribution in [1.82, 2.24) is 0 Å². The van der Waals surface area contributed by atoms with Gasteiger partial charge in [-0.2, -0.15) is 0 Å². The zero-order valence-corrected chi connectivity index (χ0v) is 18.9. The van der Waals surface area contributed by atoms with Crippen LogP contribution in [0.25, 0.3) is 5.57 Å². The summed E-state index contributed by atoms with van der Waals surface area (Å²) in [5.74, 6) is -2.43. The van der Waals surface area contributed by atoms with Crippen molar-refractivity contribution in [2.45, 2.75) is 38.5 Å². The number of Topliss-reactive ketones (excluding diaryl/α,β-unsaturated/α-hetero) is 1. The van der Waals surface area contributed by atoms with E-state index in [4.69, 9.17) is 0 Å². The third-order valence-electron chi connectivity index (χ3n) is 7.03. The van der Waals surface area contributed by atoms with Crippen molar-refractivity contribution in [1.29, 1.82) is 0 Å². The number of hydrogen-bond donors (Lipinski definition) is 5.